The monoisotopic (exact) mass is 234 g/mol. The molecule has 2 aromatic rings. The van der Waals surface area contributed by atoms with Crippen molar-refractivity contribution in [1.29, 1.82) is 5.26 Å². The fraction of sp³-hybridized carbons (Fsp3) is 0.188. The molecule has 0 saturated carbocycles. The van der Waals surface area contributed by atoms with Gasteiger partial charge in [0.1, 0.15) is 6.04 Å². The molecule has 0 spiro atoms. The molecule has 18 heavy (non-hydrogen) atoms. The lowest BCUT2D eigenvalue weighted by molar-refractivity contribution is 0.495. The summed E-state index contributed by atoms with van der Waals surface area (Å²) in [6.07, 6.45) is 0. The van der Waals surface area contributed by atoms with E-state index in [0.717, 1.165) is 6.54 Å². The van der Waals surface area contributed by atoms with Gasteiger partial charge in [-0.1, -0.05) is 60.7 Å². The molecule has 1 heterocycles. The van der Waals surface area contributed by atoms with E-state index in [-0.39, 0.29) is 12.1 Å². The van der Waals surface area contributed by atoms with Crippen LogP contribution in [-0.2, 0) is 6.54 Å². The number of nitriles is 1. The molecule has 0 aliphatic carbocycles. The summed E-state index contributed by atoms with van der Waals surface area (Å²) in [6.45, 7) is 0.846. The lowest BCUT2D eigenvalue weighted by atomic mass is 10.1. The first-order valence-corrected chi connectivity index (χ1v) is 6.14. The van der Waals surface area contributed by atoms with Crippen LogP contribution in [0.25, 0.3) is 0 Å². The zero-order chi connectivity index (χ0) is 12.4. The lowest BCUT2D eigenvalue weighted by Crippen LogP contribution is -2.00. The Morgan fingerprint density at radius 2 is 1.56 bits per heavy atom. The molecule has 3 rings (SSSR count). The maximum Gasteiger partial charge on any atom is 0.119 e. The zero-order valence-corrected chi connectivity index (χ0v) is 10.0. The van der Waals surface area contributed by atoms with Gasteiger partial charge in [-0.25, -0.2) is 0 Å². The van der Waals surface area contributed by atoms with Crippen LogP contribution < -0.4 is 0 Å². The Labute approximate surface area is 107 Å². The van der Waals surface area contributed by atoms with E-state index in [1.807, 2.05) is 36.4 Å². The Morgan fingerprint density at radius 1 is 0.944 bits per heavy atom. The number of hydrogen-bond donors (Lipinski definition) is 0. The second-order valence-electron chi connectivity index (χ2n) is 4.59. The molecule has 2 heteroatoms. The van der Waals surface area contributed by atoms with Crippen LogP contribution in [0.2, 0.25) is 0 Å². The van der Waals surface area contributed by atoms with Crippen molar-refractivity contribution in [3.63, 3.8) is 0 Å². The lowest BCUT2D eigenvalue weighted by Gasteiger charge is -2.03. The Bertz CT molecular complexity index is 557. The van der Waals surface area contributed by atoms with Crippen LogP contribution >= 0.6 is 0 Å². The van der Waals surface area contributed by atoms with Gasteiger partial charge in [0.2, 0.25) is 0 Å². The van der Waals surface area contributed by atoms with E-state index in [1.54, 1.807) is 0 Å². The Morgan fingerprint density at radius 3 is 2.17 bits per heavy atom. The molecular weight excluding hydrogens is 220 g/mol. The van der Waals surface area contributed by atoms with E-state index in [2.05, 4.69) is 35.2 Å². The van der Waals surface area contributed by atoms with Crippen molar-refractivity contribution < 1.29 is 0 Å². The smallest absolute Gasteiger partial charge is 0.119 e. The molecule has 2 nitrogen and oxygen atoms in total. The molecule has 3 atom stereocenters. The maximum atomic E-state index is 9.19. The van der Waals surface area contributed by atoms with Crippen molar-refractivity contribution in [3.05, 3.63) is 71.8 Å². The summed E-state index contributed by atoms with van der Waals surface area (Å²) in [6, 6.07) is 23.2. The van der Waals surface area contributed by atoms with Crippen LogP contribution in [0.4, 0.5) is 0 Å². The van der Waals surface area contributed by atoms with E-state index in [4.69, 9.17) is 0 Å². The first-order valence-electron chi connectivity index (χ1n) is 6.14. The molecule has 1 saturated heterocycles. The molecule has 1 unspecified atom stereocenters. The molecule has 0 radical (unpaired) electrons. The highest BCUT2D eigenvalue weighted by molar-refractivity contribution is 5.32. The maximum absolute atomic E-state index is 9.19. The van der Waals surface area contributed by atoms with Crippen LogP contribution in [0.15, 0.2) is 60.7 Å². The predicted molar refractivity (Wildman–Crippen MR) is 70.6 cm³/mol. The molecule has 0 amide bonds. The van der Waals surface area contributed by atoms with Crippen LogP contribution in [-0.4, -0.2) is 10.9 Å². The highest BCUT2D eigenvalue weighted by atomic mass is 15.3. The van der Waals surface area contributed by atoms with E-state index >= 15 is 0 Å². The summed E-state index contributed by atoms with van der Waals surface area (Å²) < 4.78 is 0. The van der Waals surface area contributed by atoms with Crippen molar-refractivity contribution in [3.8, 4) is 6.07 Å². The molecule has 0 aromatic heterocycles. The van der Waals surface area contributed by atoms with E-state index < -0.39 is 0 Å². The molecule has 1 fully saturated rings. The Balaban J connectivity index is 1.77. The number of rotatable bonds is 3. The zero-order valence-electron chi connectivity index (χ0n) is 10.0. The number of benzene rings is 2. The summed E-state index contributed by atoms with van der Waals surface area (Å²) in [4.78, 5) is 2.23. The Hall–Kier alpha value is -2.11. The van der Waals surface area contributed by atoms with Crippen molar-refractivity contribution >= 4 is 0 Å². The fourth-order valence-corrected chi connectivity index (χ4v) is 2.44. The topological polar surface area (TPSA) is 26.8 Å². The van der Waals surface area contributed by atoms with E-state index in [0.29, 0.717) is 0 Å². The fourth-order valence-electron chi connectivity index (χ4n) is 2.44. The molecule has 2 aromatic carbocycles. The second-order valence-corrected chi connectivity index (χ2v) is 4.59. The van der Waals surface area contributed by atoms with Gasteiger partial charge >= 0.3 is 0 Å². The molecule has 88 valence electrons. The van der Waals surface area contributed by atoms with Crippen LogP contribution in [0.1, 0.15) is 17.2 Å². The number of nitrogens with zero attached hydrogens (tertiary/aromatic N) is 2. The van der Waals surface area contributed by atoms with Gasteiger partial charge in [-0.2, -0.15) is 5.26 Å². The number of hydrogen-bond acceptors (Lipinski definition) is 2. The summed E-state index contributed by atoms with van der Waals surface area (Å²) in [5.41, 5.74) is 2.50. The second kappa shape index (κ2) is 4.64. The van der Waals surface area contributed by atoms with Crippen molar-refractivity contribution in [2.75, 3.05) is 0 Å². The molecule has 0 bridgehead atoms. The average molecular weight is 234 g/mol. The minimum Gasteiger partial charge on any atom is -0.272 e. The summed E-state index contributed by atoms with van der Waals surface area (Å²) in [5, 5.41) is 9.19. The van der Waals surface area contributed by atoms with Gasteiger partial charge in [0, 0.05) is 6.54 Å². The van der Waals surface area contributed by atoms with Crippen LogP contribution in [0.5, 0.6) is 0 Å². The molecular formula is C16H14N2. The molecule has 1 aliphatic rings. The minimum atomic E-state index is 0.0209. The van der Waals surface area contributed by atoms with Gasteiger partial charge in [-0.15, -0.1) is 0 Å². The van der Waals surface area contributed by atoms with Crippen molar-refractivity contribution in [2.24, 2.45) is 0 Å². The van der Waals surface area contributed by atoms with Gasteiger partial charge in [0.05, 0.1) is 12.1 Å². The average Bonchev–Trinajstić information content (AvgIpc) is 3.14. The summed E-state index contributed by atoms with van der Waals surface area (Å²) in [7, 11) is 0. The predicted octanol–water partition coefficient (Wildman–Crippen LogP) is 3.14. The normalized spacial score (nSPS) is 25.4. The third-order valence-electron chi connectivity index (χ3n) is 3.41. The largest absolute Gasteiger partial charge is 0.272 e. The van der Waals surface area contributed by atoms with Gasteiger partial charge in [-0.05, 0) is 11.1 Å². The first-order chi connectivity index (χ1) is 8.90. The SMILES string of the molecule is N#C[C@H]1[C@@H](c2ccccc2)N1Cc1ccccc1. The quantitative estimate of drug-likeness (QED) is 0.763. The third-order valence-corrected chi connectivity index (χ3v) is 3.41. The van der Waals surface area contributed by atoms with Crippen molar-refractivity contribution in [2.45, 2.75) is 18.6 Å². The van der Waals surface area contributed by atoms with Gasteiger partial charge in [0.25, 0.3) is 0 Å². The van der Waals surface area contributed by atoms with Crippen LogP contribution in [0, 0.1) is 11.3 Å². The standard InChI is InChI=1S/C16H14N2/c17-11-15-16(14-9-5-2-6-10-14)18(15)12-13-7-3-1-4-8-13/h1-10,15-16H,12H2/t15-,16+,18?/m0/s1. The first kappa shape index (κ1) is 11.0. The van der Waals surface area contributed by atoms with E-state index in [1.165, 1.54) is 11.1 Å². The highest BCUT2D eigenvalue weighted by Crippen LogP contribution is 2.43. The Kier molecular flexibility index (Phi) is 2.84. The van der Waals surface area contributed by atoms with Gasteiger partial charge in [0.15, 0.2) is 0 Å². The van der Waals surface area contributed by atoms with Gasteiger partial charge < -0.3 is 0 Å². The highest BCUT2D eigenvalue weighted by Gasteiger charge is 2.48. The van der Waals surface area contributed by atoms with Crippen molar-refractivity contribution in [1.82, 2.24) is 4.90 Å². The minimum absolute atomic E-state index is 0.0209. The molecule has 1 aliphatic heterocycles. The summed E-state index contributed by atoms with van der Waals surface area (Å²) >= 11 is 0. The van der Waals surface area contributed by atoms with Gasteiger partial charge in [-0.3, -0.25) is 4.90 Å². The molecule has 0 N–H and O–H groups in total. The third kappa shape index (κ3) is 2.01. The summed E-state index contributed by atoms with van der Waals surface area (Å²) in [5.74, 6) is 0. The van der Waals surface area contributed by atoms with E-state index in [9.17, 15) is 5.26 Å². The van der Waals surface area contributed by atoms with Crippen LogP contribution in [0.3, 0.4) is 0 Å².